The summed E-state index contributed by atoms with van der Waals surface area (Å²) in [5.41, 5.74) is 1.14. The van der Waals surface area contributed by atoms with Crippen molar-refractivity contribution in [3.8, 4) is 5.75 Å². The van der Waals surface area contributed by atoms with E-state index in [0.717, 1.165) is 17.9 Å². The highest BCUT2D eigenvalue weighted by Crippen LogP contribution is 2.31. The maximum atomic E-state index is 12.9. The van der Waals surface area contributed by atoms with Gasteiger partial charge in [-0.05, 0) is 35.2 Å². The Hall–Kier alpha value is -2.74. The van der Waals surface area contributed by atoms with E-state index in [9.17, 15) is 13.2 Å². The predicted octanol–water partition coefficient (Wildman–Crippen LogP) is 6.48. The van der Waals surface area contributed by atoms with Gasteiger partial charge in [-0.2, -0.15) is 13.2 Å². The number of hydrogen-bond donors (Lipinski definition) is 0. The number of thioether (sulfide) groups is 1. The van der Waals surface area contributed by atoms with Crippen LogP contribution in [0.2, 0.25) is 0 Å². The molecular formula is C23H24F3N3OS. The van der Waals surface area contributed by atoms with Gasteiger partial charge in [0.15, 0.2) is 11.0 Å². The zero-order chi connectivity index (χ0) is 22.4. The summed E-state index contributed by atoms with van der Waals surface area (Å²) >= 11 is 1.33. The molecular weight excluding hydrogens is 423 g/mol. The van der Waals surface area contributed by atoms with Crippen molar-refractivity contribution in [2.24, 2.45) is 0 Å². The molecule has 3 rings (SSSR count). The standard InChI is InChI=1S/C23H24F3N3OS/c1-4-12-29-21(14-30-20-10-8-18(9-11-20)16(2)3)27-28-22(29)31-15-17-6-5-7-19(13-17)23(24,25)26/h4-11,13,16H,1,12,14-15H2,2-3H3. The number of halogens is 3. The van der Waals surface area contributed by atoms with Crippen molar-refractivity contribution in [1.29, 1.82) is 0 Å². The maximum absolute atomic E-state index is 12.9. The first-order valence-corrected chi connectivity index (χ1v) is 10.8. The lowest BCUT2D eigenvalue weighted by Crippen LogP contribution is -2.07. The fraction of sp³-hybridized carbons (Fsp3) is 0.304. The van der Waals surface area contributed by atoms with Crippen LogP contribution in [-0.4, -0.2) is 14.8 Å². The van der Waals surface area contributed by atoms with Crippen molar-refractivity contribution in [3.63, 3.8) is 0 Å². The van der Waals surface area contributed by atoms with E-state index < -0.39 is 11.7 Å². The van der Waals surface area contributed by atoms with Gasteiger partial charge in [-0.3, -0.25) is 4.57 Å². The second kappa shape index (κ2) is 10.0. The molecule has 0 radical (unpaired) electrons. The molecule has 0 fully saturated rings. The summed E-state index contributed by atoms with van der Waals surface area (Å²) < 4.78 is 46.5. The van der Waals surface area contributed by atoms with Gasteiger partial charge in [-0.25, -0.2) is 0 Å². The van der Waals surface area contributed by atoms with Crippen molar-refractivity contribution in [1.82, 2.24) is 14.8 Å². The molecule has 0 amide bonds. The molecule has 3 aromatic rings. The number of nitrogens with zero attached hydrogens (tertiary/aromatic N) is 3. The highest BCUT2D eigenvalue weighted by molar-refractivity contribution is 7.98. The van der Waals surface area contributed by atoms with Gasteiger partial charge in [0.25, 0.3) is 0 Å². The van der Waals surface area contributed by atoms with Crippen LogP contribution in [-0.2, 0) is 25.1 Å². The average molecular weight is 448 g/mol. The number of alkyl halides is 3. The quantitative estimate of drug-likeness (QED) is 0.278. The molecule has 0 unspecified atom stereocenters. The first-order chi connectivity index (χ1) is 14.8. The van der Waals surface area contributed by atoms with Gasteiger partial charge >= 0.3 is 6.18 Å². The van der Waals surface area contributed by atoms with Crippen molar-refractivity contribution in [2.45, 2.75) is 50.0 Å². The summed E-state index contributed by atoms with van der Waals surface area (Å²) in [6.07, 6.45) is -2.64. The summed E-state index contributed by atoms with van der Waals surface area (Å²) in [6, 6.07) is 13.2. The first-order valence-electron chi connectivity index (χ1n) is 9.82. The van der Waals surface area contributed by atoms with E-state index in [1.54, 1.807) is 12.1 Å². The van der Waals surface area contributed by atoms with E-state index in [-0.39, 0.29) is 6.61 Å². The van der Waals surface area contributed by atoms with Crippen LogP contribution in [0.4, 0.5) is 13.2 Å². The molecule has 2 aromatic carbocycles. The van der Waals surface area contributed by atoms with Crippen molar-refractivity contribution in [2.75, 3.05) is 0 Å². The van der Waals surface area contributed by atoms with Gasteiger partial charge in [0.2, 0.25) is 0 Å². The van der Waals surface area contributed by atoms with Gasteiger partial charge in [-0.1, -0.05) is 62.0 Å². The lowest BCUT2D eigenvalue weighted by Gasteiger charge is -2.11. The van der Waals surface area contributed by atoms with Gasteiger partial charge in [0.05, 0.1) is 5.56 Å². The third kappa shape index (κ3) is 6.13. The summed E-state index contributed by atoms with van der Waals surface area (Å²) in [5.74, 6) is 2.15. The maximum Gasteiger partial charge on any atom is 0.416 e. The van der Waals surface area contributed by atoms with Gasteiger partial charge < -0.3 is 4.74 Å². The number of allylic oxidation sites excluding steroid dienone is 1. The Morgan fingerprint density at radius 1 is 1.13 bits per heavy atom. The van der Waals surface area contributed by atoms with Crippen LogP contribution in [0.15, 0.2) is 66.3 Å². The van der Waals surface area contributed by atoms with E-state index >= 15 is 0 Å². The van der Waals surface area contributed by atoms with Gasteiger partial charge in [0.1, 0.15) is 12.4 Å². The third-order valence-electron chi connectivity index (χ3n) is 4.64. The van der Waals surface area contributed by atoms with E-state index in [4.69, 9.17) is 4.74 Å². The minimum absolute atomic E-state index is 0.228. The summed E-state index contributed by atoms with van der Waals surface area (Å²) in [7, 11) is 0. The lowest BCUT2D eigenvalue weighted by atomic mass is 10.0. The van der Waals surface area contributed by atoms with Crippen LogP contribution in [0.1, 0.15) is 42.3 Å². The molecule has 0 saturated carbocycles. The minimum atomic E-state index is -4.36. The monoisotopic (exact) mass is 447 g/mol. The van der Waals surface area contributed by atoms with E-state index in [2.05, 4.69) is 30.6 Å². The number of hydrogen-bond acceptors (Lipinski definition) is 4. The molecule has 164 valence electrons. The first kappa shape index (κ1) is 22.9. The number of benzene rings is 2. The molecule has 1 heterocycles. The predicted molar refractivity (Wildman–Crippen MR) is 116 cm³/mol. The average Bonchev–Trinajstić information content (AvgIpc) is 3.12. The fourth-order valence-electron chi connectivity index (χ4n) is 2.93. The van der Waals surface area contributed by atoms with Crippen LogP contribution in [0.3, 0.4) is 0 Å². The molecule has 8 heteroatoms. The smallest absolute Gasteiger partial charge is 0.416 e. The van der Waals surface area contributed by atoms with Gasteiger partial charge in [-0.15, -0.1) is 16.8 Å². The van der Waals surface area contributed by atoms with E-state index in [0.29, 0.717) is 34.8 Å². The fourth-order valence-corrected chi connectivity index (χ4v) is 3.84. The molecule has 0 spiro atoms. The molecule has 1 aromatic heterocycles. The molecule has 0 atom stereocenters. The highest BCUT2D eigenvalue weighted by Gasteiger charge is 2.30. The summed E-state index contributed by atoms with van der Waals surface area (Å²) in [6.45, 7) is 8.73. The Labute approximate surface area is 184 Å². The molecule has 0 saturated heterocycles. The number of rotatable bonds is 9. The zero-order valence-corrected chi connectivity index (χ0v) is 18.2. The molecule has 0 aliphatic heterocycles. The van der Waals surface area contributed by atoms with Crippen LogP contribution < -0.4 is 4.74 Å². The van der Waals surface area contributed by atoms with Crippen LogP contribution in [0.5, 0.6) is 5.75 Å². The second-order valence-electron chi connectivity index (χ2n) is 7.30. The van der Waals surface area contributed by atoms with Crippen molar-refractivity contribution >= 4 is 11.8 Å². The lowest BCUT2D eigenvalue weighted by molar-refractivity contribution is -0.137. The molecule has 0 N–H and O–H groups in total. The molecule has 0 bridgehead atoms. The Bertz CT molecular complexity index is 1010. The minimum Gasteiger partial charge on any atom is -0.486 e. The highest BCUT2D eigenvalue weighted by atomic mass is 32.2. The Morgan fingerprint density at radius 2 is 1.87 bits per heavy atom. The van der Waals surface area contributed by atoms with Crippen LogP contribution >= 0.6 is 11.8 Å². The van der Waals surface area contributed by atoms with Crippen molar-refractivity contribution in [3.05, 3.63) is 83.7 Å². The SMILES string of the molecule is C=CCn1c(COc2ccc(C(C)C)cc2)nnc1SCc1cccc(C(F)(F)F)c1. The zero-order valence-electron chi connectivity index (χ0n) is 17.4. The topological polar surface area (TPSA) is 39.9 Å². The Morgan fingerprint density at radius 3 is 2.52 bits per heavy atom. The second-order valence-corrected chi connectivity index (χ2v) is 8.24. The number of aromatic nitrogens is 3. The molecule has 0 aliphatic rings. The van der Waals surface area contributed by atoms with Crippen LogP contribution in [0.25, 0.3) is 0 Å². The largest absolute Gasteiger partial charge is 0.486 e. The summed E-state index contributed by atoms with van der Waals surface area (Å²) in [4.78, 5) is 0. The Kier molecular flexibility index (Phi) is 7.43. The molecule has 4 nitrogen and oxygen atoms in total. The third-order valence-corrected chi connectivity index (χ3v) is 5.68. The number of ether oxygens (including phenoxy) is 1. The van der Waals surface area contributed by atoms with E-state index in [1.165, 1.54) is 23.4 Å². The molecule has 31 heavy (non-hydrogen) atoms. The van der Waals surface area contributed by atoms with Crippen molar-refractivity contribution < 1.29 is 17.9 Å². The normalized spacial score (nSPS) is 11.7. The van der Waals surface area contributed by atoms with Crippen LogP contribution in [0, 0.1) is 0 Å². The summed E-state index contributed by atoms with van der Waals surface area (Å²) in [5, 5.41) is 9.00. The Balaban J connectivity index is 1.68. The molecule has 0 aliphatic carbocycles. The van der Waals surface area contributed by atoms with Gasteiger partial charge in [0, 0.05) is 12.3 Å². The van der Waals surface area contributed by atoms with E-state index in [1.807, 2.05) is 28.8 Å².